The summed E-state index contributed by atoms with van der Waals surface area (Å²) >= 11 is 2.78. The lowest BCUT2D eigenvalue weighted by atomic mass is 10.1. The Morgan fingerprint density at radius 1 is 0.833 bits per heavy atom. The van der Waals surface area contributed by atoms with Crippen molar-refractivity contribution in [1.82, 2.24) is 10.3 Å². The van der Waals surface area contributed by atoms with Crippen molar-refractivity contribution in [3.05, 3.63) is 125 Å². The fraction of sp³-hybridized carbons (Fsp3) is 0.135. The highest BCUT2D eigenvalue weighted by Gasteiger charge is 2.19. The first-order chi connectivity index (χ1) is 23.2. The predicted molar refractivity (Wildman–Crippen MR) is 193 cm³/mol. The summed E-state index contributed by atoms with van der Waals surface area (Å²) in [4.78, 5) is 46.2. The number of methoxy groups -OCH3 is 2. The summed E-state index contributed by atoms with van der Waals surface area (Å²) < 4.78 is 10.7. The van der Waals surface area contributed by atoms with Crippen LogP contribution in [0.5, 0.6) is 11.5 Å². The Morgan fingerprint density at radius 2 is 1.54 bits per heavy atom. The molecule has 0 aliphatic heterocycles. The van der Waals surface area contributed by atoms with Crippen LogP contribution < -0.4 is 25.4 Å². The number of hydrogen-bond donors (Lipinski definition) is 3. The number of aryl methyl sites for hydroxylation is 1. The molecule has 0 bridgehead atoms. The smallest absolute Gasteiger partial charge is 0.272 e. The fourth-order valence-corrected chi connectivity index (χ4v) is 6.44. The van der Waals surface area contributed by atoms with E-state index in [2.05, 4.69) is 20.9 Å². The van der Waals surface area contributed by atoms with E-state index in [0.717, 1.165) is 21.0 Å². The lowest BCUT2D eigenvalue weighted by Gasteiger charge is -2.14. The number of aromatic nitrogens is 1. The number of benzene rings is 4. The molecule has 0 fully saturated rings. The zero-order chi connectivity index (χ0) is 34.0. The van der Waals surface area contributed by atoms with Gasteiger partial charge in [-0.25, -0.2) is 4.98 Å². The van der Waals surface area contributed by atoms with Gasteiger partial charge in [-0.1, -0.05) is 60.7 Å². The fourth-order valence-electron chi connectivity index (χ4n) is 4.68. The molecule has 1 atom stereocenters. The molecule has 1 aromatic heterocycles. The molecule has 3 amide bonds. The van der Waals surface area contributed by atoms with E-state index in [-0.39, 0.29) is 11.6 Å². The van der Waals surface area contributed by atoms with Crippen molar-refractivity contribution < 1.29 is 23.9 Å². The number of thioether (sulfide) groups is 1. The van der Waals surface area contributed by atoms with E-state index in [1.807, 2.05) is 50.2 Å². The van der Waals surface area contributed by atoms with E-state index in [9.17, 15) is 14.4 Å². The average Bonchev–Trinajstić information content (AvgIpc) is 3.47. The number of rotatable bonds is 12. The second kappa shape index (κ2) is 15.9. The maximum absolute atomic E-state index is 13.6. The van der Waals surface area contributed by atoms with Gasteiger partial charge in [-0.15, -0.1) is 23.1 Å². The predicted octanol–water partition coefficient (Wildman–Crippen LogP) is 7.66. The van der Waals surface area contributed by atoms with Gasteiger partial charge in [0.25, 0.3) is 11.8 Å². The normalized spacial score (nSPS) is 11.7. The number of anilines is 2. The van der Waals surface area contributed by atoms with Gasteiger partial charge in [-0.05, 0) is 68.0 Å². The Bertz CT molecular complexity index is 1940. The number of nitrogens with zero attached hydrogens (tertiary/aromatic N) is 1. The summed E-state index contributed by atoms with van der Waals surface area (Å²) in [5.41, 5.74) is 3.37. The van der Waals surface area contributed by atoms with Crippen LogP contribution in [0.3, 0.4) is 0 Å². The van der Waals surface area contributed by atoms with Crippen molar-refractivity contribution >= 4 is 57.7 Å². The highest BCUT2D eigenvalue weighted by molar-refractivity contribution is 8.00. The van der Waals surface area contributed by atoms with Crippen molar-refractivity contribution in [2.24, 2.45) is 0 Å². The molecule has 1 heterocycles. The molecule has 0 saturated heterocycles. The Hall–Kier alpha value is -5.39. The van der Waals surface area contributed by atoms with Crippen molar-refractivity contribution in [2.45, 2.75) is 24.0 Å². The molecular formula is C37H34N4O5S2. The van der Waals surface area contributed by atoms with Gasteiger partial charge >= 0.3 is 0 Å². The topological polar surface area (TPSA) is 119 Å². The largest absolute Gasteiger partial charge is 0.493 e. The molecule has 1 unspecified atom stereocenters. The minimum Gasteiger partial charge on any atom is -0.493 e. The second-order valence-electron chi connectivity index (χ2n) is 10.5. The average molecular weight is 679 g/mol. The van der Waals surface area contributed by atoms with Crippen LogP contribution in [0.25, 0.3) is 17.3 Å². The molecule has 0 saturated carbocycles. The zero-order valence-corrected chi connectivity index (χ0v) is 28.4. The van der Waals surface area contributed by atoms with E-state index in [0.29, 0.717) is 33.4 Å². The highest BCUT2D eigenvalue weighted by Crippen LogP contribution is 2.32. The van der Waals surface area contributed by atoms with Gasteiger partial charge in [-0.2, -0.15) is 0 Å². The third kappa shape index (κ3) is 8.69. The molecule has 0 radical (unpaired) electrons. The third-order valence-corrected chi connectivity index (χ3v) is 9.08. The van der Waals surface area contributed by atoms with Crippen LogP contribution in [-0.2, 0) is 9.59 Å². The van der Waals surface area contributed by atoms with Crippen LogP contribution in [0.1, 0.15) is 27.7 Å². The van der Waals surface area contributed by atoms with Gasteiger partial charge in [0, 0.05) is 26.6 Å². The summed E-state index contributed by atoms with van der Waals surface area (Å²) in [5, 5.41) is 8.64. The van der Waals surface area contributed by atoms with Crippen molar-refractivity contribution in [1.29, 1.82) is 0 Å². The Balaban J connectivity index is 1.29. The Morgan fingerprint density at radius 3 is 2.25 bits per heavy atom. The summed E-state index contributed by atoms with van der Waals surface area (Å²) in [6.07, 6.45) is 1.56. The van der Waals surface area contributed by atoms with E-state index < -0.39 is 17.1 Å². The van der Waals surface area contributed by atoms with E-state index in [1.54, 1.807) is 72.8 Å². The number of hydrogen-bond acceptors (Lipinski definition) is 8. The molecule has 244 valence electrons. The van der Waals surface area contributed by atoms with Crippen LogP contribution in [0.4, 0.5) is 10.8 Å². The SMILES string of the molecule is COc1ccc(/C=C(/NC(=O)c2ccccc2)C(=O)Nc2cccc(SC(C)C(=O)Nc3nc(-c4ccccc4)c(C)s3)c2)cc1OC. The third-order valence-electron chi connectivity index (χ3n) is 7.10. The first kappa shape index (κ1) is 34.0. The highest BCUT2D eigenvalue weighted by atomic mass is 32.2. The van der Waals surface area contributed by atoms with E-state index in [4.69, 9.17) is 9.47 Å². The number of nitrogens with one attached hydrogen (secondary N) is 3. The number of carbonyl (C=O) groups excluding carboxylic acids is 3. The maximum Gasteiger partial charge on any atom is 0.272 e. The first-order valence-corrected chi connectivity index (χ1v) is 16.7. The molecule has 0 aliphatic carbocycles. The van der Waals surface area contributed by atoms with Crippen LogP contribution >= 0.6 is 23.1 Å². The molecule has 3 N–H and O–H groups in total. The van der Waals surface area contributed by atoms with Gasteiger partial charge in [0.1, 0.15) is 5.70 Å². The summed E-state index contributed by atoms with van der Waals surface area (Å²) in [6.45, 7) is 3.79. The standard InChI is InChI=1S/C37H34N4O5S2/c1-23-33(26-12-7-5-8-13-26)40-37(48-23)41-34(42)24(2)47-29-17-11-16-28(22-29)38-36(44)30(39-35(43)27-14-9-6-10-15-27)20-25-18-19-31(45-3)32(21-25)46-4/h5-22,24H,1-4H3,(H,38,44)(H,39,43)(H,40,41,42)/b30-20+. The first-order valence-electron chi connectivity index (χ1n) is 15.0. The minimum atomic E-state index is -0.532. The van der Waals surface area contributed by atoms with Crippen LogP contribution in [0, 0.1) is 6.92 Å². The van der Waals surface area contributed by atoms with Crippen molar-refractivity contribution in [3.8, 4) is 22.8 Å². The monoisotopic (exact) mass is 678 g/mol. The number of thiazole rings is 1. The van der Waals surface area contributed by atoms with Gasteiger partial charge < -0.3 is 25.4 Å². The second-order valence-corrected chi connectivity index (χ2v) is 13.1. The van der Waals surface area contributed by atoms with Crippen LogP contribution in [0.15, 0.2) is 114 Å². The van der Waals surface area contributed by atoms with Crippen molar-refractivity contribution in [2.75, 3.05) is 24.9 Å². The van der Waals surface area contributed by atoms with E-state index in [1.165, 1.54) is 37.3 Å². The summed E-state index contributed by atoms with van der Waals surface area (Å²) in [7, 11) is 3.06. The molecule has 4 aromatic carbocycles. The molecule has 9 nitrogen and oxygen atoms in total. The Labute approximate surface area is 287 Å². The molecule has 5 aromatic rings. The molecular weight excluding hydrogens is 645 g/mol. The lowest BCUT2D eigenvalue weighted by molar-refractivity contribution is -0.115. The molecule has 5 rings (SSSR count). The van der Waals surface area contributed by atoms with Crippen LogP contribution in [0.2, 0.25) is 0 Å². The van der Waals surface area contributed by atoms with Gasteiger partial charge in [0.15, 0.2) is 16.6 Å². The minimum absolute atomic E-state index is 0.0236. The zero-order valence-electron chi connectivity index (χ0n) is 26.8. The number of amides is 3. The van der Waals surface area contributed by atoms with Crippen molar-refractivity contribution in [3.63, 3.8) is 0 Å². The molecule has 0 spiro atoms. The van der Waals surface area contributed by atoms with Gasteiger partial charge in [0.2, 0.25) is 5.91 Å². The number of carbonyl (C=O) groups is 3. The number of ether oxygens (including phenoxy) is 2. The molecule has 48 heavy (non-hydrogen) atoms. The van der Waals surface area contributed by atoms with Crippen LogP contribution in [-0.4, -0.2) is 42.2 Å². The molecule has 11 heteroatoms. The maximum atomic E-state index is 13.6. The summed E-state index contributed by atoms with van der Waals surface area (Å²) in [5.74, 6) is -0.148. The van der Waals surface area contributed by atoms with E-state index >= 15 is 0 Å². The summed E-state index contributed by atoms with van der Waals surface area (Å²) in [6, 6.07) is 30.8. The lowest BCUT2D eigenvalue weighted by Crippen LogP contribution is -2.30. The quantitative estimate of drug-likeness (QED) is 0.0916. The van der Waals surface area contributed by atoms with Gasteiger partial charge in [0.05, 0.1) is 25.2 Å². The molecule has 0 aliphatic rings. The Kier molecular flexibility index (Phi) is 11.3. The van der Waals surface area contributed by atoms with Gasteiger partial charge in [-0.3, -0.25) is 14.4 Å².